The number of phenols is 1. The number of hydrogen-bond donors (Lipinski definition) is 2. The number of hydrogen-bond acceptors (Lipinski definition) is 4. The summed E-state index contributed by atoms with van der Waals surface area (Å²) in [7, 11) is 0. The van der Waals surface area contributed by atoms with E-state index < -0.39 is 11.4 Å². The fourth-order valence-corrected chi connectivity index (χ4v) is 2.35. The van der Waals surface area contributed by atoms with E-state index in [1.807, 2.05) is 24.3 Å². The van der Waals surface area contributed by atoms with Crippen molar-refractivity contribution >= 4 is 27.6 Å². The molecule has 0 amide bonds. The van der Waals surface area contributed by atoms with Gasteiger partial charge in [-0.1, -0.05) is 18.2 Å². The number of aromatic nitrogens is 1. The Morgan fingerprint density at radius 3 is 2.52 bits per heavy atom. The van der Waals surface area contributed by atoms with Gasteiger partial charge in [0.2, 0.25) is 0 Å². The molecule has 4 heteroatoms. The second kappa shape index (κ2) is 4.53. The summed E-state index contributed by atoms with van der Waals surface area (Å²) in [5.74, 6) is -0.659. The first-order valence-corrected chi connectivity index (χ1v) is 6.66. The van der Waals surface area contributed by atoms with Crippen molar-refractivity contribution in [2.75, 3.05) is 0 Å². The number of fused-ring (bicyclic) bond motifs is 2. The Bertz CT molecular complexity index is 863. The molecule has 0 spiro atoms. The largest absolute Gasteiger partial charge is 0.506 e. The molecule has 1 heterocycles. The number of benzene rings is 2. The van der Waals surface area contributed by atoms with Crippen molar-refractivity contribution in [1.29, 1.82) is 0 Å². The molecule has 0 aliphatic rings. The van der Waals surface area contributed by atoms with Crippen molar-refractivity contribution < 1.29 is 15.0 Å². The molecule has 21 heavy (non-hydrogen) atoms. The van der Waals surface area contributed by atoms with Crippen LogP contribution in [0.2, 0.25) is 0 Å². The van der Waals surface area contributed by atoms with Gasteiger partial charge in [0.25, 0.3) is 0 Å². The highest BCUT2D eigenvalue weighted by Crippen LogP contribution is 2.32. The number of pyridine rings is 1. The summed E-state index contributed by atoms with van der Waals surface area (Å²) < 4.78 is 0. The van der Waals surface area contributed by atoms with E-state index >= 15 is 0 Å². The van der Waals surface area contributed by atoms with Gasteiger partial charge in [0.05, 0.1) is 16.6 Å². The van der Waals surface area contributed by atoms with Crippen LogP contribution in [-0.2, 0) is 0 Å². The van der Waals surface area contributed by atoms with Crippen LogP contribution in [0.25, 0.3) is 21.8 Å². The van der Waals surface area contributed by atoms with E-state index in [9.17, 15) is 15.0 Å². The molecule has 0 fully saturated rings. The molecule has 0 saturated heterocycles. The number of para-hydroxylation sites is 1. The Balaban J connectivity index is 2.29. The number of carbonyl (C=O) groups is 1. The van der Waals surface area contributed by atoms with Crippen LogP contribution in [0.3, 0.4) is 0 Å². The number of phenolic OH excluding ortho intramolecular Hbond substituents is 1. The van der Waals surface area contributed by atoms with E-state index in [0.29, 0.717) is 10.9 Å². The minimum Gasteiger partial charge on any atom is -0.506 e. The van der Waals surface area contributed by atoms with Gasteiger partial charge in [-0.15, -0.1) is 0 Å². The third-order valence-corrected chi connectivity index (χ3v) is 3.47. The van der Waals surface area contributed by atoms with E-state index in [-0.39, 0.29) is 11.3 Å². The van der Waals surface area contributed by atoms with Crippen LogP contribution < -0.4 is 0 Å². The third kappa shape index (κ3) is 2.23. The predicted molar refractivity (Wildman–Crippen MR) is 81.5 cm³/mol. The molecule has 0 saturated carbocycles. The molecule has 0 bridgehead atoms. The Morgan fingerprint density at radius 2 is 1.81 bits per heavy atom. The van der Waals surface area contributed by atoms with Crippen LogP contribution in [0.5, 0.6) is 5.75 Å². The number of rotatable bonds is 2. The molecule has 0 atom stereocenters. The summed E-state index contributed by atoms with van der Waals surface area (Å²) in [5.41, 5.74) is 0.00616. The minimum absolute atomic E-state index is 0.104. The van der Waals surface area contributed by atoms with Crippen LogP contribution in [0, 0.1) is 0 Å². The lowest BCUT2D eigenvalue weighted by molar-refractivity contribution is 0.0485. The van der Waals surface area contributed by atoms with Gasteiger partial charge in [-0.2, -0.15) is 0 Å². The Kier molecular flexibility index (Phi) is 2.92. The third-order valence-electron chi connectivity index (χ3n) is 3.47. The van der Waals surface area contributed by atoms with Crippen LogP contribution in [0.1, 0.15) is 24.2 Å². The molecule has 0 aliphatic carbocycles. The molecule has 2 N–H and O–H groups in total. The molecule has 106 valence electrons. The number of nitrogens with zero attached hydrogens (tertiary/aromatic N) is 1. The van der Waals surface area contributed by atoms with E-state index in [0.717, 1.165) is 10.9 Å². The highest BCUT2D eigenvalue weighted by Gasteiger charge is 2.28. The predicted octanol–water partition coefficient (Wildman–Crippen LogP) is 3.05. The normalized spacial score (nSPS) is 12.0. The zero-order valence-electron chi connectivity index (χ0n) is 11.8. The van der Waals surface area contributed by atoms with Gasteiger partial charge >= 0.3 is 0 Å². The standard InChI is InChI=1S/C17H15NO3/c1-17(2,21)16(20)11-7-8-14-12(15(11)19)9-10-5-3-4-6-13(10)18-14/h3-9,19,21H,1-2H3. The summed E-state index contributed by atoms with van der Waals surface area (Å²) in [6, 6.07) is 12.5. The monoisotopic (exact) mass is 281 g/mol. The highest BCUT2D eigenvalue weighted by atomic mass is 16.3. The van der Waals surface area contributed by atoms with Crippen molar-refractivity contribution in [3.05, 3.63) is 48.0 Å². The van der Waals surface area contributed by atoms with E-state index in [2.05, 4.69) is 4.98 Å². The molecule has 3 rings (SSSR count). The fourth-order valence-electron chi connectivity index (χ4n) is 2.35. The lowest BCUT2D eigenvalue weighted by Gasteiger charge is -2.17. The zero-order chi connectivity index (χ0) is 15.2. The second-order valence-corrected chi connectivity index (χ2v) is 5.60. The maximum absolute atomic E-state index is 12.2. The van der Waals surface area contributed by atoms with E-state index in [4.69, 9.17) is 0 Å². The molecule has 2 aromatic carbocycles. The van der Waals surface area contributed by atoms with Crippen molar-refractivity contribution in [2.24, 2.45) is 0 Å². The van der Waals surface area contributed by atoms with Gasteiger partial charge in [-0.3, -0.25) is 4.79 Å². The Hall–Kier alpha value is -2.46. The van der Waals surface area contributed by atoms with Gasteiger partial charge in [0, 0.05) is 10.8 Å². The maximum Gasteiger partial charge on any atom is 0.197 e. The lowest BCUT2D eigenvalue weighted by atomic mass is 9.94. The summed E-state index contributed by atoms with van der Waals surface area (Å²) in [5, 5.41) is 21.6. The summed E-state index contributed by atoms with van der Waals surface area (Å²) in [6.45, 7) is 2.80. The van der Waals surface area contributed by atoms with Crippen molar-refractivity contribution in [1.82, 2.24) is 4.98 Å². The first-order chi connectivity index (χ1) is 9.88. The van der Waals surface area contributed by atoms with Gasteiger partial charge in [0.1, 0.15) is 11.4 Å². The van der Waals surface area contributed by atoms with E-state index in [1.54, 1.807) is 12.1 Å². The molecular formula is C17H15NO3. The number of aliphatic hydroxyl groups is 1. The van der Waals surface area contributed by atoms with Crippen LogP contribution >= 0.6 is 0 Å². The molecule has 4 nitrogen and oxygen atoms in total. The average Bonchev–Trinajstić information content (AvgIpc) is 2.44. The Morgan fingerprint density at radius 1 is 1.10 bits per heavy atom. The summed E-state index contributed by atoms with van der Waals surface area (Å²) in [6.07, 6.45) is 0. The SMILES string of the molecule is CC(C)(O)C(=O)c1ccc2nc3ccccc3cc2c1O. The lowest BCUT2D eigenvalue weighted by Crippen LogP contribution is -2.31. The van der Waals surface area contributed by atoms with Crippen molar-refractivity contribution in [2.45, 2.75) is 19.4 Å². The van der Waals surface area contributed by atoms with Crippen LogP contribution in [0.15, 0.2) is 42.5 Å². The molecular weight excluding hydrogens is 266 g/mol. The molecule has 0 unspecified atom stereocenters. The van der Waals surface area contributed by atoms with E-state index in [1.165, 1.54) is 19.9 Å². The molecule has 3 aromatic rings. The first kappa shape index (κ1) is 13.5. The minimum atomic E-state index is -1.53. The van der Waals surface area contributed by atoms with Gasteiger partial charge in [0.15, 0.2) is 5.78 Å². The maximum atomic E-state index is 12.2. The average molecular weight is 281 g/mol. The topological polar surface area (TPSA) is 70.4 Å². The number of ketones is 1. The quantitative estimate of drug-likeness (QED) is 0.559. The van der Waals surface area contributed by atoms with Crippen molar-refractivity contribution in [3.8, 4) is 5.75 Å². The first-order valence-electron chi connectivity index (χ1n) is 6.66. The number of Topliss-reactive ketones (excluding diaryl/α,β-unsaturated/α-hetero) is 1. The molecule has 0 radical (unpaired) electrons. The van der Waals surface area contributed by atoms with Crippen LogP contribution in [-0.4, -0.2) is 26.6 Å². The van der Waals surface area contributed by atoms with Gasteiger partial charge < -0.3 is 10.2 Å². The fraction of sp³-hybridized carbons (Fsp3) is 0.176. The number of carbonyl (C=O) groups excluding carboxylic acids is 1. The smallest absolute Gasteiger partial charge is 0.197 e. The Labute approximate surface area is 121 Å². The summed E-state index contributed by atoms with van der Waals surface area (Å²) >= 11 is 0. The van der Waals surface area contributed by atoms with Crippen LogP contribution in [0.4, 0.5) is 0 Å². The van der Waals surface area contributed by atoms with Gasteiger partial charge in [-0.25, -0.2) is 4.98 Å². The number of aromatic hydroxyl groups is 1. The zero-order valence-corrected chi connectivity index (χ0v) is 11.8. The van der Waals surface area contributed by atoms with Gasteiger partial charge in [-0.05, 0) is 38.1 Å². The highest BCUT2D eigenvalue weighted by molar-refractivity contribution is 6.09. The summed E-state index contributed by atoms with van der Waals surface area (Å²) in [4.78, 5) is 16.6. The second-order valence-electron chi connectivity index (χ2n) is 5.60. The molecule has 1 aromatic heterocycles. The molecule has 0 aliphatic heterocycles. The van der Waals surface area contributed by atoms with Crippen molar-refractivity contribution in [3.63, 3.8) is 0 Å².